The molecule has 0 amide bonds. The van der Waals surface area contributed by atoms with Crippen molar-refractivity contribution in [2.24, 2.45) is 0 Å². The van der Waals surface area contributed by atoms with E-state index in [1.165, 1.54) is 103 Å². The van der Waals surface area contributed by atoms with Crippen LogP contribution in [-0.2, 0) is 9.47 Å². The summed E-state index contributed by atoms with van der Waals surface area (Å²) in [5.41, 5.74) is 0. The lowest BCUT2D eigenvalue weighted by molar-refractivity contribution is -0.0938. The molecule has 1 aliphatic heterocycles. The van der Waals surface area contributed by atoms with Gasteiger partial charge in [-0.15, -0.1) is 0 Å². The number of unbranched alkanes of at least 4 members (excludes halogenated alkanes) is 17. The minimum absolute atomic E-state index is 0.158. The van der Waals surface area contributed by atoms with Crippen molar-refractivity contribution < 1.29 is 24.8 Å². The van der Waals surface area contributed by atoms with Crippen LogP contribution in [0.2, 0.25) is 0 Å². The SMILES string of the molecule is CCCCCCCCCCCCCCCCCCCCO[C@H]1[C@@H]([C@@H](O)CO)OC[C@H]1O. The lowest BCUT2D eigenvalue weighted by Crippen LogP contribution is -2.42. The van der Waals surface area contributed by atoms with Crippen LogP contribution in [0.1, 0.15) is 122 Å². The van der Waals surface area contributed by atoms with Gasteiger partial charge < -0.3 is 24.8 Å². The van der Waals surface area contributed by atoms with Gasteiger partial charge in [0.1, 0.15) is 24.4 Å². The van der Waals surface area contributed by atoms with Gasteiger partial charge in [-0.25, -0.2) is 0 Å². The summed E-state index contributed by atoms with van der Waals surface area (Å²) in [5.74, 6) is 0. The summed E-state index contributed by atoms with van der Waals surface area (Å²) < 4.78 is 11.1. The second-order valence-electron chi connectivity index (χ2n) is 9.46. The van der Waals surface area contributed by atoms with E-state index in [1.54, 1.807) is 0 Å². The van der Waals surface area contributed by atoms with Crippen molar-refractivity contribution in [1.82, 2.24) is 0 Å². The fraction of sp³-hybridized carbons (Fsp3) is 1.00. The Bertz CT molecular complexity index is 379. The third-order valence-corrected chi connectivity index (χ3v) is 6.54. The molecule has 1 saturated heterocycles. The zero-order chi connectivity index (χ0) is 22.6. The molecule has 1 heterocycles. The molecule has 1 rings (SSSR count). The molecule has 0 aromatic heterocycles. The molecule has 0 radical (unpaired) electrons. The van der Waals surface area contributed by atoms with Crippen LogP contribution in [0, 0.1) is 0 Å². The third-order valence-electron chi connectivity index (χ3n) is 6.54. The first-order chi connectivity index (χ1) is 15.2. The zero-order valence-corrected chi connectivity index (χ0v) is 20.3. The zero-order valence-electron chi connectivity index (χ0n) is 20.3. The Morgan fingerprint density at radius 3 is 1.58 bits per heavy atom. The molecule has 5 heteroatoms. The van der Waals surface area contributed by atoms with Gasteiger partial charge in [0, 0.05) is 6.61 Å². The van der Waals surface area contributed by atoms with Crippen LogP contribution in [0.15, 0.2) is 0 Å². The van der Waals surface area contributed by atoms with E-state index in [0.717, 1.165) is 12.8 Å². The fourth-order valence-corrected chi connectivity index (χ4v) is 4.48. The lowest BCUT2D eigenvalue weighted by atomic mass is 10.0. The summed E-state index contributed by atoms with van der Waals surface area (Å²) in [5, 5.41) is 28.7. The van der Waals surface area contributed by atoms with Crippen molar-refractivity contribution in [3.8, 4) is 0 Å². The van der Waals surface area contributed by atoms with Crippen molar-refractivity contribution in [1.29, 1.82) is 0 Å². The smallest absolute Gasteiger partial charge is 0.114 e. The highest BCUT2D eigenvalue weighted by Gasteiger charge is 2.40. The Morgan fingerprint density at radius 1 is 0.742 bits per heavy atom. The molecule has 0 spiro atoms. The average Bonchev–Trinajstić information content (AvgIpc) is 3.15. The number of aliphatic hydroxyl groups is 3. The summed E-state index contributed by atoms with van der Waals surface area (Å²) in [6, 6.07) is 0. The maximum Gasteiger partial charge on any atom is 0.114 e. The van der Waals surface area contributed by atoms with E-state index in [-0.39, 0.29) is 13.2 Å². The van der Waals surface area contributed by atoms with Crippen LogP contribution in [-0.4, -0.2) is 59.6 Å². The van der Waals surface area contributed by atoms with Crippen molar-refractivity contribution in [3.05, 3.63) is 0 Å². The van der Waals surface area contributed by atoms with Crippen molar-refractivity contribution in [2.75, 3.05) is 19.8 Å². The van der Waals surface area contributed by atoms with E-state index in [2.05, 4.69) is 6.92 Å². The molecule has 3 N–H and O–H groups in total. The van der Waals surface area contributed by atoms with Crippen LogP contribution in [0.25, 0.3) is 0 Å². The maximum absolute atomic E-state index is 9.91. The summed E-state index contributed by atoms with van der Waals surface area (Å²) in [7, 11) is 0. The average molecular weight is 445 g/mol. The molecule has 0 bridgehead atoms. The molecular formula is C26H52O5. The highest BCUT2D eigenvalue weighted by molar-refractivity contribution is 4.89. The number of hydrogen-bond acceptors (Lipinski definition) is 5. The first kappa shape index (κ1) is 28.8. The summed E-state index contributed by atoms with van der Waals surface area (Å²) in [6.45, 7) is 2.63. The van der Waals surface area contributed by atoms with Gasteiger partial charge >= 0.3 is 0 Å². The van der Waals surface area contributed by atoms with Crippen LogP contribution in [0.4, 0.5) is 0 Å². The van der Waals surface area contributed by atoms with Crippen LogP contribution in [0.5, 0.6) is 0 Å². The summed E-state index contributed by atoms with van der Waals surface area (Å²) in [4.78, 5) is 0. The van der Waals surface area contributed by atoms with Gasteiger partial charge in [0.25, 0.3) is 0 Å². The van der Waals surface area contributed by atoms with E-state index in [0.29, 0.717) is 6.61 Å². The van der Waals surface area contributed by atoms with Crippen molar-refractivity contribution >= 4 is 0 Å². The highest BCUT2D eigenvalue weighted by Crippen LogP contribution is 2.21. The Kier molecular flexibility index (Phi) is 19.0. The predicted molar refractivity (Wildman–Crippen MR) is 127 cm³/mol. The van der Waals surface area contributed by atoms with E-state index in [1.807, 2.05) is 0 Å². The molecule has 0 saturated carbocycles. The molecule has 1 fully saturated rings. The summed E-state index contributed by atoms with van der Waals surface area (Å²) in [6.07, 6.45) is 21.4. The number of ether oxygens (including phenoxy) is 2. The van der Waals surface area contributed by atoms with Crippen molar-refractivity contribution in [3.63, 3.8) is 0 Å². The summed E-state index contributed by atoms with van der Waals surface area (Å²) >= 11 is 0. The fourth-order valence-electron chi connectivity index (χ4n) is 4.48. The Labute approximate surface area is 191 Å². The Balaban J connectivity index is 1.79. The van der Waals surface area contributed by atoms with Crippen LogP contribution in [0.3, 0.4) is 0 Å². The molecule has 0 aliphatic carbocycles. The molecular weight excluding hydrogens is 392 g/mol. The highest BCUT2D eigenvalue weighted by atomic mass is 16.6. The number of aliphatic hydroxyl groups excluding tert-OH is 3. The predicted octanol–water partition coefficient (Wildman–Crippen LogP) is 5.53. The lowest BCUT2D eigenvalue weighted by Gasteiger charge is -2.23. The Morgan fingerprint density at radius 2 is 1.16 bits per heavy atom. The first-order valence-corrected chi connectivity index (χ1v) is 13.4. The van der Waals surface area contributed by atoms with Gasteiger partial charge in [-0.3, -0.25) is 0 Å². The molecule has 186 valence electrons. The standard InChI is InChI=1S/C26H52O5/c1-2-3-4-5-6-7-8-9-10-11-12-13-14-15-16-17-18-19-20-30-26-24(29)22-31-25(26)23(28)21-27/h23-29H,2-22H2,1H3/t23-,24+,25+,26+/m0/s1. The Hall–Kier alpha value is -0.200. The monoisotopic (exact) mass is 444 g/mol. The van der Waals surface area contributed by atoms with Crippen LogP contribution < -0.4 is 0 Å². The number of hydrogen-bond donors (Lipinski definition) is 3. The van der Waals surface area contributed by atoms with E-state index >= 15 is 0 Å². The second-order valence-corrected chi connectivity index (χ2v) is 9.46. The first-order valence-electron chi connectivity index (χ1n) is 13.4. The molecule has 0 unspecified atom stereocenters. The third kappa shape index (κ3) is 14.5. The molecule has 4 atom stereocenters. The van der Waals surface area contributed by atoms with E-state index < -0.39 is 24.4 Å². The molecule has 0 aromatic rings. The van der Waals surface area contributed by atoms with Gasteiger partial charge in [0.2, 0.25) is 0 Å². The second kappa shape index (κ2) is 20.4. The van der Waals surface area contributed by atoms with Gasteiger partial charge in [-0.1, -0.05) is 116 Å². The van der Waals surface area contributed by atoms with Gasteiger partial charge in [0.05, 0.1) is 13.2 Å². The minimum atomic E-state index is -0.998. The van der Waals surface area contributed by atoms with E-state index in [4.69, 9.17) is 14.6 Å². The van der Waals surface area contributed by atoms with E-state index in [9.17, 15) is 10.2 Å². The van der Waals surface area contributed by atoms with Crippen molar-refractivity contribution in [2.45, 2.75) is 147 Å². The minimum Gasteiger partial charge on any atom is -0.394 e. The maximum atomic E-state index is 9.91. The molecule has 0 aromatic carbocycles. The molecule has 5 nitrogen and oxygen atoms in total. The number of rotatable bonds is 22. The van der Waals surface area contributed by atoms with Gasteiger partial charge in [-0.05, 0) is 6.42 Å². The van der Waals surface area contributed by atoms with Gasteiger partial charge in [-0.2, -0.15) is 0 Å². The van der Waals surface area contributed by atoms with Gasteiger partial charge in [0.15, 0.2) is 0 Å². The molecule has 31 heavy (non-hydrogen) atoms. The molecule has 1 aliphatic rings. The topological polar surface area (TPSA) is 79.2 Å². The largest absolute Gasteiger partial charge is 0.394 e. The van der Waals surface area contributed by atoms with Crippen LogP contribution >= 0.6 is 0 Å². The quantitative estimate of drug-likeness (QED) is 0.191. The normalized spacial score (nSPS) is 22.3.